The van der Waals surface area contributed by atoms with Crippen LogP contribution >= 0.6 is 0 Å². The molecule has 3 heteroatoms. The second-order valence-corrected chi connectivity index (χ2v) is 5.30. The monoisotopic (exact) mass is 278 g/mol. The Balaban J connectivity index is 1.80. The largest absolute Gasteiger partial charge is 0.358 e. The van der Waals surface area contributed by atoms with Gasteiger partial charge in [-0.1, -0.05) is 30.3 Å². The average Bonchev–Trinajstić information content (AvgIpc) is 2.80. The quantitative estimate of drug-likeness (QED) is 0.753. The minimum atomic E-state index is -0.0426. The number of fused-ring (bicyclic) bond motifs is 1. The lowest BCUT2D eigenvalue weighted by Crippen LogP contribution is -2.22. The van der Waals surface area contributed by atoms with Gasteiger partial charge < -0.3 is 10.3 Å². The number of aromatic amines is 1. The van der Waals surface area contributed by atoms with Crippen LogP contribution in [-0.4, -0.2) is 10.9 Å². The molecular weight excluding hydrogens is 260 g/mol. The molecule has 21 heavy (non-hydrogen) atoms. The molecular formula is C18H18N2O. The van der Waals surface area contributed by atoms with Gasteiger partial charge in [-0.15, -0.1) is 0 Å². The van der Waals surface area contributed by atoms with Crippen LogP contribution in [0.4, 0.5) is 0 Å². The van der Waals surface area contributed by atoms with Gasteiger partial charge in [0.05, 0.1) is 0 Å². The van der Waals surface area contributed by atoms with Gasteiger partial charge in [-0.25, -0.2) is 0 Å². The van der Waals surface area contributed by atoms with Crippen molar-refractivity contribution in [2.45, 2.75) is 20.4 Å². The molecule has 0 radical (unpaired) electrons. The molecule has 0 spiro atoms. The maximum Gasteiger partial charge on any atom is 0.251 e. The molecule has 0 saturated carbocycles. The molecule has 0 saturated heterocycles. The summed E-state index contributed by atoms with van der Waals surface area (Å²) in [5.74, 6) is -0.0426. The molecule has 0 bridgehead atoms. The second kappa shape index (κ2) is 5.44. The molecule has 1 heterocycles. The zero-order chi connectivity index (χ0) is 14.8. The van der Waals surface area contributed by atoms with Crippen LogP contribution in [0.1, 0.15) is 27.2 Å². The minimum Gasteiger partial charge on any atom is -0.358 e. The van der Waals surface area contributed by atoms with E-state index in [9.17, 15) is 4.79 Å². The predicted molar refractivity (Wildman–Crippen MR) is 85.4 cm³/mol. The van der Waals surface area contributed by atoms with Gasteiger partial charge in [0, 0.05) is 28.7 Å². The summed E-state index contributed by atoms with van der Waals surface area (Å²) in [7, 11) is 0. The third kappa shape index (κ3) is 2.68. The Labute approximate surface area is 124 Å². The van der Waals surface area contributed by atoms with Gasteiger partial charge in [0.1, 0.15) is 0 Å². The van der Waals surface area contributed by atoms with Crippen molar-refractivity contribution in [1.82, 2.24) is 10.3 Å². The molecule has 2 aromatic carbocycles. The number of carbonyl (C=O) groups excluding carboxylic acids is 1. The van der Waals surface area contributed by atoms with Crippen LogP contribution < -0.4 is 5.32 Å². The zero-order valence-corrected chi connectivity index (χ0v) is 12.2. The summed E-state index contributed by atoms with van der Waals surface area (Å²) in [6, 6.07) is 15.7. The summed E-state index contributed by atoms with van der Waals surface area (Å²) < 4.78 is 0. The van der Waals surface area contributed by atoms with Crippen molar-refractivity contribution in [3.05, 3.63) is 70.9 Å². The van der Waals surface area contributed by atoms with Gasteiger partial charge in [0.15, 0.2) is 0 Å². The third-order valence-electron chi connectivity index (χ3n) is 3.87. The standard InChI is InChI=1S/C18H18N2O/c1-12-13(2)20-17-9-8-15(10-16(12)17)18(21)19-11-14-6-4-3-5-7-14/h3-10,20H,11H2,1-2H3,(H,19,21). The van der Waals surface area contributed by atoms with E-state index < -0.39 is 0 Å². The number of carbonyl (C=O) groups is 1. The molecule has 0 unspecified atom stereocenters. The van der Waals surface area contributed by atoms with E-state index >= 15 is 0 Å². The molecule has 0 aliphatic heterocycles. The first kappa shape index (κ1) is 13.4. The van der Waals surface area contributed by atoms with Crippen molar-refractivity contribution in [2.24, 2.45) is 0 Å². The highest BCUT2D eigenvalue weighted by atomic mass is 16.1. The van der Waals surface area contributed by atoms with Crippen molar-refractivity contribution in [2.75, 3.05) is 0 Å². The smallest absolute Gasteiger partial charge is 0.251 e. The van der Waals surface area contributed by atoms with E-state index in [1.807, 2.05) is 55.5 Å². The number of aryl methyl sites for hydroxylation is 2. The van der Waals surface area contributed by atoms with E-state index in [0.717, 1.165) is 22.2 Å². The van der Waals surface area contributed by atoms with Gasteiger partial charge in [-0.3, -0.25) is 4.79 Å². The van der Waals surface area contributed by atoms with Gasteiger partial charge >= 0.3 is 0 Å². The van der Waals surface area contributed by atoms with E-state index in [-0.39, 0.29) is 5.91 Å². The molecule has 3 rings (SSSR count). The maximum atomic E-state index is 12.3. The van der Waals surface area contributed by atoms with E-state index in [0.29, 0.717) is 12.1 Å². The van der Waals surface area contributed by atoms with Crippen LogP contribution in [0.25, 0.3) is 10.9 Å². The Morgan fingerprint density at radius 3 is 2.62 bits per heavy atom. The Morgan fingerprint density at radius 1 is 1.10 bits per heavy atom. The second-order valence-electron chi connectivity index (χ2n) is 5.30. The van der Waals surface area contributed by atoms with Crippen LogP contribution in [0.2, 0.25) is 0 Å². The highest BCUT2D eigenvalue weighted by Gasteiger charge is 2.09. The lowest BCUT2D eigenvalue weighted by atomic mass is 10.1. The number of benzene rings is 2. The van der Waals surface area contributed by atoms with Crippen molar-refractivity contribution < 1.29 is 4.79 Å². The molecule has 3 nitrogen and oxygen atoms in total. The van der Waals surface area contributed by atoms with E-state index in [1.54, 1.807) is 0 Å². The number of hydrogen-bond acceptors (Lipinski definition) is 1. The highest BCUT2D eigenvalue weighted by Crippen LogP contribution is 2.22. The number of nitrogens with one attached hydrogen (secondary N) is 2. The Morgan fingerprint density at radius 2 is 1.86 bits per heavy atom. The number of aromatic nitrogens is 1. The van der Waals surface area contributed by atoms with Crippen LogP contribution in [0.3, 0.4) is 0 Å². The minimum absolute atomic E-state index is 0.0426. The molecule has 1 amide bonds. The maximum absolute atomic E-state index is 12.3. The molecule has 2 N–H and O–H groups in total. The van der Waals surface area contributed by atoms with Gasteiger partial charge in [0.2, 0.25) is 0 Å². The number of hydrogen-bond donors (Lipinski definition) is 2. The molecule has 0 fully saturated rings. The Bertz CT molecular complexity index is 788. The topological polar surface area (TPSA) is 44.9 Å². The van der Waals surface area contributed by atoms with Crippen molar-refractivity contribution in [3.63, 3.8) is 0 Å². The van der Waals surface area contributed by atoms with Crippen LogP contribution in [0.5, 0.6) is 0 Å². The van der Waals surface area contributed by atoms with E-state index in [4.69, 9.17) is 0 Å². The fourth-order valence-electron chi connectivity index (χ4n) is 2.48. The Kier molecular flexibility index (Phi) is 3.48. The zero-order valence-electron chi connectivity index (χ0n) is 12.2. The average molecular weight is 278 g/mol. The molecule has 0 aliphatic carbocycles. The van der Waals surface area contributed by atoms with Gasteiger partial charge in [-0.2, -0.15) is 0 Å². The summed E-state index contributed by atoms with van der Waals surface area (Å²) >= 11 is 0. The molecule has 106 valence electrons. The van der Waals surface area contributed by atoms with Gasteiger partial charge in [-0.05, 0) is 43.2 Å². The first-order valence-corrected chi connectivity index (χ1v) is 7.06. The van der Waals surface area contributed by atoms with E-state index in [1.165, 1.54) is 5.56 Å². The number of amides is 1. The van der Waals surface area contributed by atoms with Crippen molar-refractivity contribution >= 4 is 16.8 Å². The summed E-state index contributed by atoms with van der Waals surface area (Å²) in [6.07, 6.45) is 0. The lowest BCUT2D eigenvalue weighted by molar-refractivity contribution is 0.0951. The number of H-pyrrole nitrogens is 1. The first-order chi connectivity index (χ1) is 10.1. The predicted octanol–water partition coefficient (Wildman–Crippen LogP) is 3.71. The summed E-state index contributed by atoms with van der Waals surface area (Å²) in [5.41, 5.74) is 5.21. The van der Waals surface area contributed by atoms with Crippen LogP contribution in [-0.2, 0) is 6.54 Å². The molecule has 1 aromatic heterocycles. The van der Waals surface area contributed by atoms with E-state index in [2.05, 4.69) is 17.2 Å². The summed E-state index contributed by atoms with van der Waals surface area (Å²) in [5, 5.41) is 4.07. The normalized spacial score (nSPS) is 10.8. The van der Waals surface area contributed by atoms with Crippen molar-refractivity contribution in [3.8, 4) is 0 Å². The highest BCUT2D eigenvalue weighted by molar-refractivity contribution is 5.99. The fraction of sp³-hybridized carbons (Fsp3) is 0.167. The molecule has 0 aliphatic rings. The fourth-order valence-corrected chi connectivity index (χ4v) is 2.48. The van der Waals surface area contributed by atoms with Gasteiger partial charge in [0.25, 0.3) is 5.91 Å². The number of rotatable bonds is 3. The SMILES string of the molecule is Cc1[nH]c2ccc(C(=O)NCc3ccccc3)cc2c1C. The molecule has 3 aromatic rings. The Hall–Kier alpha value is -2.55. The van der Waals surface area contributed by atoms with Crippen LogP contribution in [0.15, 0.2) is 48.5 Å². The summed E-state index contributed by atoms with van der Waals surface area (Å²) in [4.78, 5) is 15.6. The lowest BCUT2D eigenvalue weighted by Gasteiger charge is -2.06. The summed E-state index contributed by atoms with van der Waals surface area (Å²) in [6.45, 7) is 4.66. The third-order valence-corrected chi connectivity index (χ3v) is 3.87. The molecule has 0 atom stereocenters. The first-order valence-electron chi connectivity index (χ1n) is 7.06. The van der Waals surface area contributed by atoms with Crippen molar-refractivity contribution in [1.29, 1.82) is 0 Å². The van der Waals surface area contributed by atoms with Crippen LogP contribution in [0, 0.1) is 13.8 Å².